The third-order valence-corrected chi connectivity index (χ3v) is 3.54. The van der Waals surface area contributed by atoms with Crippen molar-refractivity contribution in [3.05, 3.63) is 28.8 Å². The highest BCUT2D eigenvalue weighted by Crippen LogP contribution is 2.30. The normalized spacial score (nSPS) is 16.0. The molecular formula is C14H15F4NO2. The number of hydrogen-bond donors (Lipinski definition) is 0. The summed E-state index contributed by atoms with van der Waals surface area (Å²) in [5.41, 5.74) is -0.791. The van der Waals surface area contributed by atoms with Crippen LogP contribution in [0, 0.1) is 23.3 Å². The van der Waals surface area contributed by atoms with E-state index in [9.17, 15) is 22.4 Å². The maximum Gasteiger partial charge on any atom is 0.222 e. The van der Waals surface area contributed by atoms with Crippen LogP contribution in [-0.4, -0.2) is 24.5 Å². The van der Waals surface area contributed by atoms with Crippen LogP contribution in [0.25, 0.3) is 0 Å². The second-order valence-electron chi connectivity index (χ2n) is 4.89. The monoisotopic (exact) mass is 305 g/mol. The molecule has 0 bridgehead atoms. The Hall–Kier alpha value is -1.79. The number of methoxy groups -OCH3 is 1. The standard InChI is InChI=1S/C14H15F4NO2/c1-21-14-12(17)10(15)8(11(16)13(14)18)7-19-6-4-2-3-5-9(19)20/h2-7H2,1H3. The Labute approximate surface area is 119 Å². The second kappa shape index (κ2) is 6.32. The fourth-order valence-electron chi connectivity index (χ4n) is 2.37. The highest BCUT2D eigenvalue weighted by atomic mass is 19.2. The lowest BCUT2D eigenvalue weighted by Gasteiger charge is -2.21. The summed E-state index contributed by atoms with van der Waals surface area (Å²) in [4.78, 5) is 13.0. The van der Waals surface area contributed by atoms with Crippen molar-refractivity contribution in [3.63, 3.8) is 0 Å². The molecule has 1 aliphatic rings. The summed E-state index contributed by atoms with van der Waals surface area (Å²) in [5, 5.41) is 0. The molecular weight excluding hydrogens is 290 g/mol. The molecule has 1 aromatic carbocycles. The first kappa shape index (κ1) is 15.6. The molecule has 0 aliphatic carbocycles. The van der Waals surface area contributed by atoms with Gasteiger partial charge in [0.2, 0.25) is 17.5 Å². The van der Waals surface area contributed by atoms with Gasteiger partial charge >= 0.3 is 0 Å². The van der Waals surface area contributed by atoms with Gasteiger partial charge < -0.3 is 9.64 Å². The van der Waals surface area contributed by atoms with E-state index in [0.29, 0.717) is 19.4 Å². The minimum Gasteiger partial charge on any atom is -0.491 e. The van der Waals surface area contributed by atoms with Crippen LogP contribution in [-0.2, 0) is 11.3 Å². The van der Waals surface area contributed by atoms with Crippen molar-refractivity contribution in [3.8, 4) is 5.75 Å². The van der Waals surface area contributed by atoms with Crippen LogP contribution in [0.1, 0.15) is 31.2 Å². The molecule has 0 spiro atoms. The lowest BCUT2D eigenvalue weighted by molar-refractivity contribution is -0.131. The SMILES string of the molecule is COc1c(F)c(F)c(CN2CCCCCC2=O)c(F)c1F. The maximum absolute atomic E-state index is 13.9. The number of carbonyl (C=O) groups is 1. The number of carbonyl (C=O) groups excluding carboxylic acids is 1. The van der Waals surface area contributed by atoms with Crippen LogP contribution < -0.4 is 4.74 Å². The summed E-state index contributed by atoms with van der Waals surface area (Å²) in [6.07, 6.45) is 2.49. The van der Waals surface area contributed by atoms with Gasteiger partial charge in [-0.1, -0.05) is 6.42 Å². The molecule has 1 amide bonds. The van der Waals surface area contributed by atoms with Crippen molar-refractivity contribution in [1.29, 1.82) is 0 Å². The molecule has 0 atom stereocenters. The molecule has 21 heavy (non-hydrogen) atoms. The molecule has 116 valence electrons. The lowest BCUT2D eigenvalue weighted by Crippen LogP contribution is -2.31. The van der Waals surface area contributed by atoms with Gasteiger partial charge in [0, 0.05) is 18.5 Å². The molecule has 0 radical (unpaired) electrons. The number of ether oxygens (including phenoxy) is 1. The molecule has 1 saturated heterocycles. The Morgan fingerprint density at radius 1 is 1.00 bits per heavy atom. The number of hydrogen-bond acceptors (Lipinski definition) is 2. The molecule has 7 heteroatoms. The van der Waals surface area contributed by atoms with Gasteiger partial charge in [-0.2, -0.15) is 8.78 Å². The van der Waals surface area contributed by atoms with E-state index in [0.717, 1.165) is 13.5 Å². The number of amides is 1. The minimum absolute atomic E-state index is 0.268. The van der Waals surface area contributed by atoms with Crippen molar-refractivity contribution >= 4 is 5.91 Å². The minimum atomic E-state index is -1.59. The average molecular weight is 305 g/mol. The van der Waals surface area contributed by atoms with E-state index in [-0.39, 0.29) is 12.3 Å². The Balaban J connectivity index is 2.38. The predicted molar refractivity (Wildman–Crippen MR) is 66.7 cm³/mol. The first-order valence-corrected chi connectivity index (χ1v) is 6.64. The first-order chi connectivity index (χ1) is 9.97. The van der Waals surface area contributed by atoms with Gasteiger partial charge in [0.25, 0.3) is 0 Å². The van der Waals surface area contributed by atoms with Crippen LogP contribution in [0.4, 0.5) is 17.6 Å². The third kappa shape index (κ3) is 2.96. The smallest absolute Gasteiger partial charge is 0.222 e. The number of rotatable bonds is 3. The average Bonchev–Trinajstić information content (AvgIpc) is 2.67. The van der Waals surface area contributed by atoms with Crippen molar-refractivity contribution in [2.24, 2.45) is 0 Å². The fraction of sp³-hybridized carbons (Fsp3) is 0.500. The van der Waals surface area contributed by atoms with Crippen LogP contribution in [0.15, 0.2) is 0 Å². The third-order valence-electron chi connectivity index (χ3n) is 3.54. The van der Waals surface area contributed by atoms with Crippen molar-refractivity contribution in [2.75, 3.05) is 13.7 Å². The van der Waals surface area contributed by atoms with Crippen molar-refractivity contribution in [1.82, 2.24) is 4.90 Å². The highest BCUT2D eigenvalue weighted by molar-refractivity contribution is 5.76. The molecule has 0 saturated carbocycles. The number of nitrogens with zero attached hydrogens (tertiary/aromatic N) is 1. The van der Waals surface area contributed by atoms with Crippen LogP contribution in [0.2, 0.25) is 0 Å². The zero-order chi connectivity index (χ0) is 15.6. The van der Waals surface area contributed by atoms with Gasteiger partial charge in [-0.25, -0.2) is 8.78 Å². The van der Waals surface area contributed by atoms with E-state index in [1.54, 1.807) is 0 Å². The molecule has 0 unspecified atom stereocenters. The summed E-state index contributed by atoms with van der Waals surface area (Å²) in [6.45, 7) is -0.179. The Morgan fingerprint density at radius 2 is 1.62 bits per heavy atom. The lowest BCUT2D eigenvalue weighted by atomic mass is 10.1. The van der Waals surface area contributed by atoms with E-state index >= 15 is 0 Å². The van der Waals surface area contributed by atoms with Gasteiger partial charge in [0.15, 0.2) is 17.4 Å². The van der Waals surface area contributed by atoms with Crippen LogP contribution in [0.5, 0.6) is 5.75 Å². The topological polar surface area (TPSA) is 29.5 Å². The Morgan fingerprint density at radius 3 is 2.19 bits per heavy atom. The van der Waals surface area contributed by atoms with E-state index in [2.05, 4.69) is 4.74 Å². The van der Waals surface area contributed by atoms with Crippen molar-refractivity contribution in [2.45, 2.75) is 32.2 Å². The molecule has 3 nitrogen and oxygen atoms in total. The van der Waals surface area contributed by atoms with Gasteiger partial charge in [-0.3, -0.25) is 4.79 Å². The Bertz CT molecular complexity index is 533. The van der Waals surface area contributed by atoms with E-state index in [1.807, 2.05) is 0 Å². The van der Waals surface area contributed by atoms with E-state index < -0.39 is 41.1 Å². The van der Waals surface area contributed by atoms with Crippen LogP contribution in [0.3, 0.4) is 0 Å². The summed E-state index contributed by atoms with van der Waals surface area (Å²) in [6, 6.07) is 0. The molecule has 0 aromatic heterocycles. The van der Waals surface area contributed by atoms with Crippen LogP contribution >= 0.6 is 0 Å². The van der Waals surface area contributed by atoms with Gasteiger partial charge in [0.1, 0.15) is 0 Å². The van der Waals surface area contributed by atoms with E-state index in [4.69, 9.17) is 0 Å². The van der Waals surface area contributed by atoms with Gasteiger partial charge in [-0.15, -0.1) is 0 Å². The predicted octanol–water partition coefficient (Wildman–Crippen LogP) is 3.15. The first-order valence-electron chi connectivity index (χ1n) is 6.64. The molecule has 1 heterocycles. The zero-order valence-corrected chi connectivity index (χ0v) is 11.5. The van der Waals surface area contributed by atoms with E-state index in [1.165, 1.54) is 4.90 Å². The summed E-state index contributed by atoms with van der Waals surface area (Å²) >= 11 is 0. The zero-order valence-electron chi connectivity index (χ0n) is 11.5. The molecule has 0 N–H and O–H groups in total. The Kier molecular flexibility index (Phi) is 4.69. The molecule has 1 fully saturated rings. The van der Waals surface area contributed by atoms with Gasteiger partial charge in [0.05, 0.1) is 13.7 Å². The highest BCUT2D eigenvalue weighted by Gasteiger charge is 2.28. The number of benzene rings is 1. The molecule has 1 aromatic rings. The number of likely N-dealkylation sites (tertiary alicyclic amines) is 1. The quantitative estimate of drug-likeness (QED) is 0.634. The second-order valence-corrected chi connectivity index (χ2v) is 4.89. The molecule has 2 rings (SSSR count). The summed E-state index contributed by atoms with van der Waals surface area (Å²) < 4.78 is 59.3. The largest absolute Gasteiger partial charge is 0.491 e. The number of halogens is 4. The fourth-order valence-corrected chi connectivity index (χ4v) is 2.37. The van der Waals surface area contributed by atoms with Gasteiger partial charge in [-0.05, 0) is 12.8 Å². The maximum atomic E-state index is 13.9. The summed E-state index contributed by atoms with van der Waals surface area (Å²) in [5.74, 6) is -7.60. The molecule has 1 aliphatic heterocycles. The van der Waals surface area contributed by atoms with Crippen molar-refractivity contribution < 1.29 is 27.1 Å². The summed E-state index contributed by atoms with van der Waals surface area (Å²) in [7, 11) is 0.915.